The summed E-state index contributed by atoms with van der Waals surface area (Å²) in [7, 11) is 1.63. The topological polar surface area (TPSA) is 55.3 Å². The van der Waals surface area contributed by atoms with Crippen LogP contribution >= 0.6 is 23.4 Å². The van der Waals surface area contributed by atoms with Crippen molar-refractivity contribution in [2.24, 2.45) is 0 Å². The number of nitrogens with zero attached hydrogens (tertiary/aromatic N) is 3. The zero-order valence-electron chi connectivity index (χ0n) is 10.7. The molecule has 5 nitrogen and oxygen atoms in total. The molecule has 0 bridgehead atoms. The van der Waals surface area contributed by atoms with Crippen LogP contribution < -0.4 is 0 Å². The number of aromatic nitrogens is 2. The minimum atomic E-state index is -0.103. The third-order valence-electron chi connectivity index (χ3n) is 2.98. The van der Waals surface area contributed by atoms with Crippen LogP contribution in [0.15, 0.2) is 12.4 Å². The van der Waals surface area contributed by atoms with Gasteiger partial charge in [-0.25, -0.2) is 9.97 Å². The fraction of sp³-hybridized carbons (Fsp3) is 0.583. The molecule has 1 amide bonds. The summed E-state index contributed by atoms with van der Waals surface area (Å²) >= 11 is 7.55. The lowest BCUT2D eigenvalue weighted by atomic mass is 10.2. The second-order valence-corrected chi connectivity index (χ2v) is 5.77. The fourth-order valence-electron chi connectivity index (χ4n) is 1.98. The molecular weight excluding hydrogens is 286 g/mol. The van der Waals surface area contributed by atoms with Crippen LogP contribution in [0.4, 0.5) is 0 Å². The number of methoxy groups -OCH3 is 1. The molecule has 1 atom stereocenters. The van der Waals surface area contributed by atoms with Gasteiger partial charge >= 0.3 is 0 Å². The molecule has 104 valence electrons. The molecule has 19 heavy (non-hydrogen) atoms. The highest BCUT2D eigenvalue weighted by molar-refractivity contribution is 7.99. The number of carbonyl (C=O) groups is 1. The van der Waals surface area contributed by atoms with Crippen molar-refractivity contribution in [3.63, 3.8) is 0 Å². The predicted molar refractivity (Wildman–Crippen MR) is 75.7 cm³/mol. The normalized spacial score (nSPS) is 18.5. The molecule has 1 unspecified atom stereocenters. The summed E-state index contributed by atoms with van der Waals surface area (Å²) in [5.74, 6) is 1.96. The molecule has 2 rings (SSSR count). The molecule has 1 aliphatic rings. The Labute approximate surface area is 121 Å². The van der Waals surface area contributed by atoms with E-state index in [1.165, 1.54) is 12.4 Å². The van der Waals surface area contributed by atoms with Crippen LogP contribution in [0.3, 0.4) is 0 Å². The summed E-state index contributed by atoms with van der Waals surface area (Å²) in [6.07, 6.45) is 3.83. The largest absolute Gasteiger partial charge is 0.383 e. The van der Waals surface area contributed by atoms with Gasteiger partial charge < -0.3 is 9.64 Å². The van der Waals surface area contributed by atoms with E-state index in [9.17, 15) is 4.79 Å². The zero-order chi connectivity index (χ0) is 13.7. The highest BCUT2D eigenvalue weighted by Crippen LogP contribution is 2.23. The number of thioether (sulfide) groups is 1. The van der Waals surface area contributed by atoms with Crippen molar-refractivity contribution in [1.29, 1.82) is 0 Å². The number of rotatable bonds is 5. The van der Waals surface area contributed by atoms with Gasteiger partial charge in [0.05, 0.1) is 19.0 Å². The molecule has 1 aliphatic heterocycles. The van der Waals surface area contributed by atoms with Crippen LogP contribution in [0, 0.1) is 0 Å². The molecule has 1 fully saturated rings. The third kappa shape index (κ3) is 3.81. The van der Waals surface area contributed by atoms with Gasteiger partial charge in [-0.15, -0.1) is 0 Å². The number of amides is 1. The molecule has 0 N–H and O–H groups in total. The molecule has 7 heteroatoms. The van der Waals surface area contributed by atoms with Gasteiger partial charge in [0, 0.05) is 25.4 Å². The van der Waals surface area contributed by atoms with Gasteiger partial charge in [0.15, 0.2) is 0 Å². The monoisotopic (exact) mass is 301 g/mol. The van der Waals surface area contributed by atoms with E-state index in [2.05, 4.69) is 9.97 Å². The maximum Gasteiger partial charge on any atom is 0.274 e. The van der Waals surface area contributed by atoms with Gasteiger partial charge in [0.1, 0.15) is 10.8 Å². The van der Waals surface area contributed by atoms with E-state index in [1.54, 1.807) is 7.11 Å². The first-order chi connectivity index (χ1) is 9.22. The maximum absolute atomic E-state index is 12.5. The number of hydrogen-bond donors (Lipinski definition) is 0. The van der Waals surface area contributed by atoms with Crippen molar-refractivity contribution in [2.45, 2.75) is 12.5 Å². The van der Waals surface area contributed by atoms with Gasteiger partial charge in [-0.2, -0.15) is 11.8 Å². The Hall–Kier alpha value is -0.850. The minimum Gasteiger partial charge on any atom is -0.383 e. The van der Waals surface area contributed by atoms with Crippen LogP contribution in [0.1, 0.15) is 16.9 Å². The van der Waals surface area contributed by atoms with E-state index in [0.29, 0.717) is 18.8 Å². The van der Waals surface area contributed by atoms with Gasteiger partial charge in [0.2, 0.25) is 0 Å². The van der Waals surface area contributed by atoms with Crippen LogP contribution in [0.2, 0.25) is 5.15 Å². The van der Waals surface area contributed by atoms with Gasteiger partial charge in [-0.05, 0) is 12.2 Å². The average Bonchev–Trinajstić information content (AvgIpc) is 2.94. The van der Waals surface area contributed by atoms with Crippen molar-refractivity contribution in [3.8, 4) is 0 Å². The number of hydrogen-bond acceptors (Lipinski definition) is 5. The minimum absolute atomic E-state index is 0.103. The Kier molecular flexibility index (Phi) is 5.42. The van der Waals surface area contributed by atoms with Crippen LogP contribution in [-0.4, -0.2) is 58.6 Å². The van der Waals surface area contributed by atoms with Gasteiger partial charge in [0.25, 0.3) is 5.91 Å². The predicted octanol–water partition coefficient (Wildman–Crippen LogP) is 1.72. The van der Waals surface area contributed by atoms with Crippen molar-refractivity contribution in [2.75, 3.05) is 31.8 Å². The summed E-state index contributed by atoms with van der Waals surface area (Å²) in [5.41, 5.74) is 0.331. The Bertz CT molecular complexity index is 423. The summed E-state index contributed by atoms with van der Waals surface area (Å²) in [4.78, 5) is 22.3. The molecule has 1 saturated heterocycles. The maximum atomic E-state index is 12.5. The number of ether oxygens (including phenoxy) is 1. The molecule has 1 aromatic rings. The second kappa shape index (κ2) is 7.07. The van der Waals surface area contributed by atoms with Crippen LogP contribution in [-0.2, 0) is 4.74 Å². The standard InChI is InChI=1S/C12H16ClN3O2S/c1-18-4-3-16(9-2-5-19-8-9)12(17)10-6-15-11(13)7-14-10/h6-7,9H,2-5,8H2,1H3. The summed E-state index contributed by atoms with van der Waals surface area (Å²) < 4.78 is 5.08. The van der Waals surface area contributed by atoms with E-state index >= 15 is 0 Å². The molecule has 1 aromatic heterocycles. The first-order valence-corrected chi connectivity index (χ1v) is 7.61. The molecule has 0 aliphatic carbocycles. The van der Waals surface area contributed by atoms with Crippen LogP contribution in [0.25, 0.3) is 0 Å². The zero-order valence-corrected chi connectivity index (χ0v) is 12.3. The van der Waals surface area contributed by atoms with E-state index in [4.69, 9.17) is 16.3 Å². The average molecular weight is 302 g/mol. The van der Waals surface area contributed by atoms with Gasteiger partial charge in [-0.1, -0.05) is 11.6 Å². The molecular formula is C12H16ClN3O2S. The van der Waals surface area contributed by atoms with Crippen LogP contribution in [0.5, 0.6) is 0 Å². The molecule has 0 aromatic carbocycles. The fourth-order valence-corrected chi connectivity index (χ4v) is 3.30. The Morgan fingerprint density at radius 1 is 1.58 bits per heavy atom. The molecule has 0 spiro atoms. The van der Waals surface area contributed by atoms with E-state index in [1.807, 2.05) is 16.7 Å². The quantitative estimate of drug-likeness (QED) is 0.829. The number of halogens is 1. The summed E-state index contributed by atoms with van der Waals surface area (Å²) in [5, 5.41) is 0.288. The Balaban J connectivity index is 2.11. The Morgan fingerprint density at radius 2 is 2.42 bits per heavy atom. The SMILES string of the molecule is COCCN(C(=O)c1cnc(Cl)cn1)C1CCSC1. The second-order valence-electron chi connectivity index (χ2n) is 4.23. The van der Waals surface area contributed by atoms with Crippen molar-refractivity contribution >= 4 is 29.3 Å². The number of carbonyl (C=O) groups excluding carboxylic acids is 1. The lowest BCUT2D eigenvalue weighted by Gasteiger charge is -2.27. The van der Waals surface area contributed by atoms with Crippen molar-refractivity contribution < 1.29 is 9.53 Å². The smallest absolute Gasteiger partial charge is 0.274 e. The van der Waals surface area contributed by atoms with E-state index in [0.717, 1.165) is 17.9 Å². The summed E-state index contributed by atoms with van der Waals surface area (Å²) in [6, 6.07) is 0.255. The Morgan fingerprint density at radius 3 is 3.00 bits per heavy atom. The first-order valence-electron chi connectivity index (χ1n) is 6.07. The van der Waals surface area contributed by atoms with Crippen molar-refractivity contribution in [3.05, 3.63) is 23.2 Å². The van der Waals surface area contributed by atoms with E-state index in [-0.39, 0.29) is 17.1 Å². The molecule has 0 saturated carbocycles. The van der Waals surface area contributed by atoms with Gasteiger partial charge in [-0.3, -0.25) is 4.79 Å². The summed E-state index contributed by atoms with van der Waals surface area (Å²) in [6.45, 7) is 1.10. The molecule has 2 heterocycles. The van der Waals surface area contributed by atoms with E-state index < -0.39 is 0 Å². The molecule has 0 radical (unpaired) electrons. The highest BCUT2D eigenvalue weighted by Gasteiger charge is 2.28. The third-order valence-corrected chi connectivity index (χ3v) is 4.32. The first kappa shape index (κ1) is 14.6. The highest BCUT2D eigenvalue weighted by atomic mass is 35.5. The lowest BCUT2D eigenvalue weighted by Crippen LogP contribution is -2.42. The lowest BCUT2D eigenvalue weighted by molar-refractivity contribution is 0.0618. The van der Waals surface area contributed by atoms with Crippen molar-refractivity contribution in [1.82, 2.24) is 14.9 Å².